The molecule has 0 spiro atoms. The van der Waals surface area contributed by atoms with Gasteiger partial charge >= 0.3 is 5.97 Å². The molecule has 10 heteroatoms. The zero-order chi connectivity index (χ0) is 21.3. The molecule has 0 unspecified atom stereocenters. The van der Waals surface area contributed by atoms with Crippen LogP contribution in [-0.4, -0.2) is 24.1 Å². The monoisotopic (exact) mass is 581 g/mol. The van der Waals surface area contributed by atoms with Crippen molar-refractivity contribution in [1.82, 2.24) is 0 Å². The summed E-state index contributed by atoms with van der Waals surface area (Å²) in [5.74, 6) is -1.73. The van der Waals surface area contributed by atoms with E-state index in [1.807, 2.05) is 18.2 Å². The largest absolute Gasteiger partial charge is 0.494 e. The second kappa shape index (κ2) is 9.09. The van der Waals surface area contributed by atoms with Crippen LogP contribution >= 0.6 is 68.7 Å². The molecule has 3 rings (SSSR count). The zero-order valence-corrected chi connectivity index (χ0v) is 19.8. The molecule has 1 amide bonds. The molecule has 5 nitrogen and oxygen atoms in total. The topological polar surface area (TPSA) is 75.6 Å². The van der Waals surface area contributed by atoms with E-state index < -0.39 is 11.9 Å². The van der Waals surface area contributed by atoms with Crippen molar-refractivity contribution < 1.29 is 19.4 Å². The molecule has 3 aromatic rings. The Labute approximate surface area is 198 Å². The second-order valence-electron chi connectivity index (χ2n) is 5.69. The summed E-state index contributed by atoms with van der Waals surface area (Å²) in [6.07, 6.45) is 0. The van der Waals surface area contributed by atoms with Gasteiger partial charge in [-0.2, -0.15) is 0 Å². The zero-order valence-electron chi connectivity index (χ0n) is 14.6. The minimum absolute atomic E-state index is 0.0153. The highest BCUT2D eigenvalue weighted by molar-refractivity contribution is 14.1. The number of hydrogen-bond acceptors (Lipinski definition) is 4. The lowest BCUT2D eigenvalue weighted by molar-refractivity contribution is 0.0699. The van der Waals surface area contributed by atoms with Crippen LogP contribution in [0.25, 0.3) is 11.1 Å². The number of thiophene rings is 1. The van der Waals surface area contributed by atoms with Crippen molar-refractivity contribution in [3.63, 3.8) is 0 Å². The smallest absolute Gasteiger partial charge is 0.339 e. The van der Waals surface area contributed by atoms with Crippen LogP contribution in [0.15, 0.2) is 35.7 Å². The lowest BCUT2D eigenvalue weighted by atomic mass is 10.0. The van der Waals surface area contributed by atoms with Gasteiger partial charge in [0.15, 0.2) is 5.75 Å². The maximum absolute atomic E-state index is 12.8. The minimum Gasteiger partial charge on any atom is -0.494 e. The first kappa shape index (κ1) is 22.2. The van der Waals surface area contributed by atoms with E-state index in [4.69, 9.17) is 39.5 Å². The van der Waals surface area contributed by atoms with Crippen LogP contribution in [0.2, 0.25) is 15.1 Å². The predicted molar refractivity (Wildman–Crippen MR) is 125 cm³/mol. The molecule has 2 N–H and O–H groups in total. The van der Waals surface area contributed by atoms with Gasteiger partial charge in [-0.15, -0.1) is 11.3 Å². The third-order valence-corrected chi connectivity index (χ3v) is 6.43. The van der Waals surface area contributed by atoms with Crippen LogP contribution < -0.4 is 10.1 Å². The van der Waals surface area contributed by atoms with E-state index in [0.717, 1.165) is 20.5 Å². The Bertz CT molecular complexity index is 1130. The molecule has 0 fully saturated rings. The van der Waals surface area contributed by atoms with Gasteiger partial charge in [-0.1, -0.05) is 46.9 Å². The SMILES string of the molecule is COc1c(Cl)cc(Cl)c(C(=O)Nc2scc(-c3cccc(I)c3)c2C(=O)O)c1Cl. The van der Waals surface area contributed by atoms with Crippen LogP contribution in [0.3, 0.4) is 0 Å². The van der Waals surface area contributed by atoms with E-state index in [2.05, 4.69) is 27.9 Å². The highest BCUT2D eigenvalue weighted by Crippen LogP contribution is 2.41. The van der Waals surface area contributed by atoms with Crippen LogP contribution in [0, 0.1) is 3.57 Å². The average molecular weight is 583 g/mol. The number of nitrogens with one attached hydrogen (secondary N) is 1. The fourth-order valence-corrected chi connectivity index (χ4v) is 5.25. The van der Waals surface area contributed by atoms with Gasteiger partial charge in [0, 0.05) is 14.5 Å². The minimum atomic E-state index is -1.17. The van der Waals surface area contributed by atoms with Gasteiger partial charge in [0.2, 0.25) is 0 Å². The number of ether oxygens (including phenoxy) is 1. The summed E-state index contributed by atoms with van der Waals surface area (Å²) in [5.41, 5.74) is 1.16. The molecule has 1 aromatic heterocycles. The Morgan fingerprint density at radius 2 is 1.86 bits per heavy atom. The standard InChI is InChI=1S/C19H11Cl3INO4S/c1-28-16-12(21)6-11(20)14(15(16)22)17(25)24-18-13(19(26)27)10(7-29-18)8-3-2-4-9(23)5-8/h2-7H,1H3,(H,24,25)(H,26,27). The Balaban J connectivity index is 2.04. The first-order valence-corrected chi connectivity index (χ1v) is 11.0. The summed E-state index contributed by atoms with van der Waals surface area (Å²) < 4.78 is 6.07. The van der Waals surface area contributed by atoms with Crippen molar-refractivity contribution in [3.05, 3.63) is 65.5 Å². The second-order valence-corrected chi connectivity index (χ2v) is 9.00. The fraction of sp³-hybridized carbons (Fsp3) is 0.0526. The Morgan fingerprint density at radius 3 is 2.48 bits per heavy atom. The predicted octanol–water partition coefficient (Wildman–Crippen LogP) is 6.94. The molecular weight excluding hydrogens is 572 g/mol. The number of carboxylic acid groups (broad SMARTS) is 1. The summed E-state index contributed by atoms with van der Waals surface area (Å²) >= 11 is 21.6. The first-order valence-electron chi connectivity index (χ1n) is 7.88. The van der Waals surface area contributed by atoms with Crippen LogP contribution in [-0.2, 0) is 0 Å². The number of halogens is 4. The summed E-state index contributed by atoms with van der Waals surface area (Å²) in [7, 11) is 1.36. The summed E-state index contributed by atoms with van der Waals surface area (Å²) in [6, 6.07) is 8.74. The number of aromatic carboxylic acids is 1. The van der Waals surface area contributed by atoms with Crippen LogP contribution in [0.5, 0.6) is 5.75 Å². The third kappa shape index (κ3) is 4.49. The van der Waals surface area contributed by atoms with Crippen molar-refractivity contribution in [2.75, 3.05) is 12.4 Å². The highest BCUT2D eigenvalue weighted by Gasteiger charge is 2.25. The Morgan fingerprint density at radius 1 is 1.14 bits per heavy atom. The number of methoxy groups -OCH3 is 1. The van der Waals surface area contributed by atoms with E-state index in [1.54, 1.807) is 11.4 Å². The van der Waals surface area contributed by atoms with E-state index >= 15 is 0 Å². The fourth-order valence-electron chi connectivity index (χ4n) is 2.66. The van der Waals surface area contributed by atoms with E-state index in [9.17, 15) is 14.7 Å². The average Bonchev–Trinajstić information content (AvgIpc) is 3.05. The molecule has 0 bridgehead atoms. The number of amides is 1. The number of carbonyl (C=O) groups is 2. The molecule has 0 saturated carbocycles. The lowest BCUT2D eigenvalue weighted by Gasteiger charge is -2.13. The van der Waals surface area contributed by atoms with E-state index in [0.29, 0.717) is 5.56 Å². The molecule has 0 saturated heterocycles. The number of anilines is 1. The van der Waals surface area contributed by atoms with Crippen molar-refractivity contribution in [2.45, 2.75) is 0 Å². The quantitative estimate of drug-likeness (QED) is 0.320. The van der Waals surface area contributed by atoms with Gasteiger partial charge in [0.25, 0.3) is 5.91 Å². The maximum Gasteiger partial charge on any atom is 0.339 e. The maximum atomic E-state index is 12.8. The van der Waals surface area contributed by atoms with Crippen LogP contribution in [0.1, 0.15) is 20.7 Å². The molecule has 150 valence electrons. The number of carbonyl (C=O) groups excluding carboxylic acids is 1. The number of rotatable bonds is 5. The molecule has 0 atom stereocenters. The molecule has 0 aliphatic carbocycles. The van der Waals surface area contributed by atoms with Gasteiger partial charge in [-0.25, -0.2) is 4.79 Å². The highest BCUT2D eigenvalue weighted by atomic mass is 127. The Kier molecular flexibility index (Phi) is 6.95. The van der Waals surface area contributed by atoms with E-state index in [-0.39, 0.29) is 36.9 Å². The van der Waals surface area contributed by atoms with Crippen molar-refractivity contribution in [2.24, 2.45) is 0 Å². The van der Waals surface area contributed by atoms with Crippen molar-refractivity contribution in [1.29, 1.82) is 0 Å². The molecular formula is C19H11Cl3INO4S. The summed E-state index contributed by atoms with van der Waals surface area (Å²) in [6.45, 7) is 0. The van der Waals surface area contributed by atoms with Crippen molar-refractivity contribution >= 4 is 85.6 Å². The lowest BCUT2D eigenvalue weighted by Crippen LogP contribution is -2.15. The van der Waals surface area contributed by atoms with Gasteiger partial charge in [0.1, 0.15) is 10.6 Å². The molecule has 1 heterocycles. The molecule has 0 aliphatic heterocycles. The number of benzene rings is 2. The van der Waals surface area contributed by atoms with Gasteiger partial charge in [0.05, 0.1) is 27.7 Å². The summed E-state index contributed by atoms with van der Waals surface area (Å²) in [4.78, 5) is 24.8. The Hall–Kier alpha value is -1.52. The van der Waals surface area contributed by atoms with E-state index in [1.165, 1.54) is 13.2 Å². The normalized spacial score (nSPS) is 10.7. The third-order valence-electron chi connectivity index (χ3n) is 3.93. The van der Waals surface area contributed by atoms with Gasteiger partial charge < -0.3 is 15.2 Å². The molecule has 29 heavy (non-hydrogen) atoms. The summed E-state index contributed by atoms with van der Waals surface area (Å²) in [5, 5.41) is 14.3. The van der Waals surface area contributed by atoms with Gasteiger partial charge in [-0.3, -0.25) is 4.79 Å². The van der Waals surface area contributed by atoms with Gasteiger partial charge in [-0.05, 0) is 46.4 Å². The van der Waals surface area contributed by atoms with Crippen molar-refractivity contribution in [3.8, 4) is 16.9 Å². The number of hydrogen-bond donors (Lipinski definition) is 2. The van der Waals surface area contributed by atoms with Crippen LogP contribution in [0.4, 0.5) is 5.00 Å². The molecule has 0 aliphatic rings. The molecule has 0 radical (unpaired) electrons. The molecule has 2 aromatic carbocycles. The first-order chi connectivity index (χ1) is 13.7. The number of carboxylic acids is 1.